The van der Waals surface area contributed by atoms with Crippen molar-refractivity contribution in [3.05, 3.63) is 69.0 Å². The van der Waals surface area contributed by atoms with E-state index >= 15 is 0 Å². The van der Waals surface area contributed by atoms with Gasteiger partial charge in [-0.15, -0.1) is 0 Å². The lowest BCUT2D eigenvalue weighted by atomic mass is 9.97. The minimum absolute atomic E-state index is 0.0500. The van der Waals surface area contributed by atoms with Crippen molar-refractivity contribution in [2.45, 2.75) is 49.6 Å². The molecule has 168 valence electrons. The van der Waals surface area contributed by atoms with Crippen LogP contribution in [0.1, 0.15) is 37.7 Å². The third kappa shape index (κ3) is 5.13. The van der Waals surface area contributed by atoms with Gasteiger partial charge in [-0.05, 0) is 55.9 Å². The molecule has 4 rings (SSSR count). The van der Waals surface area contributed by atoms with Gasteiger partial charge in [0.15, 0.2) is 16.7 Å². The smallest absolute Gasteiger partial charge is 0.262 e. The lowest BCUT2D eigenvalue weighted by Gasteiger charge is -2.17. The average Bonchev–Trinajstić information content (AvgIpc) is 2.83. The number of hydrogen-bond acceptors (Lipinski definition) is 5. The first-order chi connectivity index (χ1) is 15.6. The molecule has 0 spiro atoms. The maximum Gasteiger partial charge on any atom is 0.262 e. The predicted octanol–water partition coefficient (Wildman–Crippen LogP) is 6.25. The first kappa shape index (κ1) is 22.7. The fraction of sp³-hybridized carbons (Fsp3) is 0.360. The predicted molar refractivity (Wildman–Crippen MR) is 131 cm³/mol. The second kappa shape index (κ2) is 10.5. The Bertz CT molecular complexity index is 1190. The fourth-order valence-electron chi connectivity index (χ4n) is 3.95. The quantitative estimate of drug-likeness (QED) is 0.221. The molecule has 0 N–H and O–H groups in total. The molecular weight excluding hydrogens is 444 g/mol. The molecule has 7 heteroatoms. The number of halogens is 1. The highest BCUT2D eigenvalue weighted by atomic mass is 35.5. The molecule has 0 amide bonds. The Morgan fingerprint density at radius 3 is 2.53 bits per heavy atom. The molecular formula is C25H27ClN2O3S. The van der Waals surface area contributed by atoms with Crippen LogP contribution in [0.2, 0.25) is 5.02 Å². The van der Waals surface area contributed by atoms with Crippen molar-refractivity contribution in [2.75, 3.05) is 14.2 Å². The van der Waals surface area contributed by atoms with Crippen LogP contribution in [-0.4, -0.2) is 23.8 Å². The summed E-state index contributed by atoms with van der Waals surface area (Å²) in [5, 5.41) is 1.96. The Morgan fingerprint density at radius 2 is 1.84 bits per heavy atom. The van der Waals surface area contributed by atoms with Crippen LogP contribution in [0.5, 0.6) is 11.5 Å². The molecule has 5 nitrogen and oxygen atoms in total. The zero-order valence-corrected chi connectivity index (χ0v) is 20.0. The molecule has 3 aromatic rings. The minimum Gasteiger partial charge on any atom is -0.493 e. The summed E-state index contributed by atoms with van der Waals surface area (Å²) in [5.41, 5.74) is 3.12. The van der Waals surface area contributed by atoms with Crippen molar-refractivity contribution in [3.8, 4) is 11.5 Å². The molecule has 1 aromatic heterocycles. The Labute approximate surface area is 197 Å². The van der Waals surface area contributed by atoms with E-state index in [2.05, 4.69) is 6.08 Å². The molecule has 0 bridgehead atoms. The van der Waals surface area contributed by atoms with E-state index in [-0.39, 0.29) is 5.56 Å². The van der Waals surface area contributed by atoms with Gasteiger partial charge in [0.05, 0.1) is 25.1 Å². The van der Waals surface area contributed by atoms with Crippen LogP contribution >= 0.6 is 23.4 Å². The van der Waals surface area contributed by atoms with Gasteiger partial charge in [-0.25, -0.2) is 4.98 Å². The van der Waals surface area contributed by atoms with E-state index in [0.717, 1.165) is 24.8 Å². The molecule has 0 saturated heterocycles. The molecule has 1 aliphatic carbocycles. The highest BCUT2D eigenvalue weighted by molar-refractivity contribution is 7.98. The van der Waals surface area contributed by atoms with Crippen molar-refractivity contribution in [3.63, 3.8) is 0 Å². The number of aromatic nitrogens is 2. The lowest BCUT2D eigenvalue weighted by Crippen LogP contribution is -2.24. The van der Waals surface area contributed by atoms with Crippen molar-refractivity contribution in [2.24, 2.45) is 0 Å². The van der Waals surface area contributed by atoms with Crippen LogP contribution in [0.3, 0.4) is 0 Å². The van der Waals surface area contributed by atoms with E-state index in [1.54, 1.807) is 38.1 Å². The number of allylic oxidation sites excluding steroid dienone is 2. The number of fused-ring (bicyclic) bond motifs is 1. The summed E-state index contributed by atoms with van der Waals surface area (Å²) in [6, 6.07) is 11.3. The van der Waals surface area contributed by atoms with Gasteiger partial charge in [-0.3, -0.25) is 9.36 Å². The van der Waals surface area contributed by atoms with E-state index < -0.39 is 0 Å². The maximum absolute atomic E-state index is 13.5. The molecule has 1 heterocycles. The fourth-order valence-corrected chi connectivity index (χ4v) is 5.06. The molecule has 0 saturated carbocycles. The zero-order chi connectivity index (χ0) is 22.5. The topological polar surface area (TPSA) is 53.4 Å². The number of rotatable bonds is 8. The Kier molecular flexibility index (Phi) is 7.43. The summed E-state index contributed by atoms with van der Waals surface area (Å²) in [7, 11) is 3.15. The first-order valence-corrected chi connectivity index (χ1v) is 12.2. The lowest BCUT2D eigenvalue weighted by molar-refractivity contribution is 0.355. The van der Waals surface area contributed by atoms with Crippen LogP contribution in [0.25, 0.3) is 10.9 Å². The summed E-state index contributed by atoms with van der Waals surface area (Å²) in [6.45, 7) is 0.616. The van der Waals surface area contributed by atoms with Gasteiger partial charge in [0.2, 0.25) is 0 Å². The molecule has 0 atom stereocenters. The molecule has 0 unspecified atom stereocenters. The number of hydrogen-bond donors (Lipinski definition) is 0. The van der Waals surface area contributed by atoms with Crippen LogP contribution in [0, 0.1) is 0 Å². The summed E-state index contributed by atoms with van der Waals surface area (Å²) < 4.78 is 12.6. The van der Waals surface area contributed by atoms with Crippen molar-refractivity contribution >= 4 is 34.3 Å². The monoisotopic (exact) mass is 470 g/mol. The van der Waals surface area contributed by atoms with Crippen molar-refractivity contribution < 1.29 is 9.47 Å². The highest BCUT2D eigenvalue weighted by Crippen LogP contribution is 2.32. The summed E-state index contributed by atoms with van der Waals surface area (Å²) in [6.07, 6.45) is 7.94. The van der Waals surface area contributed by atoms with E-state index in [9.17, 15) is 4.79 Å². The maximum atomic E-state index is 13.5. The highest BCUT2D eigenvalue weighted by Gasteiger charge is 2.16. The number of thioether (sulfide) groups is 1. The third-order valence-electron chi connectivity index (χ3n) is 5.75. The van der Waals surface area contributed by atoms with Crippen molar-refractivity contribution in [1.82, 2.24) is 9.55 Å². The Morgan fingerprint density at radius 1 is 1.09 bits per heavy atom. The molecule has 0 fully saturated rings. The van der Waals surface area contributed by atoms with Gasteiger partial charge < -0.3 is 9.47 Å². The van der Waals surface area contributed by atoms with Gasteiger partial charge in [0.25, 0.3) is 5.56 Å². The van der Waals surface area contributed by atoms with Crippen LogP contribution in [0.15, 0.2) is 58.0 Å². The van der Waals surface area contributed by atoms with Gasteiger partial charge in [0.1, 0.15) is 0 Å². The Balaban J connectivity index is 1.72. The van der Waals surface area contributed by atoms with Crippen LogP contribution < -0.4 is 15.0 Å². The van der Waals surface area contributed by atoms with Gasteiger partial charge in [-0.1, -0.05) is 47.1 Å². The summed E-state index contributed by atoms with van der Waals surface area (Å²) >= 11 is 7.58. The second-order valence-corrected chi connectivity index (χ2v) is 9.23. The van der Waals surface area contributed by atoms with Crippen LogP contribution in [-0.2, 0) is 12.3 Å². The number of benzene rings is 2. The summed E-state index contributed by atoms with van der Waals surface area (Å²) in [4.78, 5) is 18.4. The van der Waals surface area contributed by atoms with Gasteiger partial charge >= 0.3 is 0 Å². The van der Waals surface area contributed by atoms with Gasteiger partial charge in [0, 0.05) is 23.4 Å². The largest absolute Gasteiger partial charge is 0.493 e. The normalized spacial score (nSPS) is 13.8. The minimum atomic E-state index is -0.0500. The van der Waals surface area contributed by atoms with Crippen molar-refractivity contribution in [1.29, 1.82) is 0 Å². The molecule has 2 aromatic carbocycles. The SMILES string of the molecule is COc1cc2nc(SCc3ccc(Cl)cc3)n(CCC3=CCCCC3)c(=O)c2cc1OC. The number of nitrogens with zero attached hydrogens (tertiary/aromatic N) is 2. The average molecular weight is 471 g/mol. The number of ether oxygens (including phenoxy) is 2. The van der Waals surface area contributed by atoms with E-state index in [4.69, 9.17) is 26.1 Å². The second-order valence-electron chi connectivity index (χ2n) is 7.85. The first-order valence-electron chi connectivity index (χ1n) is 10.8. The third-order valence-corrected chi connectivity index (χ3v) is 7.05. The molecule has 0 radical (unpaired) electrons. The van der Waals surface area contributed by atoms with E-state index in [0.29, 0.717) is 44.9 Å². The molecule has 0 aliphatic heterocycles. The summed E-state index contributed by atoms with van der Waals surface area (Å²) in [5.74, 6) is 1.79. The molecule has 1 aliphatic rings. The standard InChI is InChI=1S/C25H27ClN2O3S/c1-30-22-14-20-21(15-23(22)31-2)27-25(32-16-18-8-10-19(26)11-9-18)28(24(20)29)13-12-17-6-4-3-5-7-17/h6,8-11,14-15H,3-5,7,12-13,16H2,1-2H3. The van der Waals surface area contributed by atoms with Crippen LogP contribution in [0.4, 0.5) is 0 Å². The molecule has 32 heavy (non-hydrogen) atoms. The zero-order valence-electron chi connectivity index (χ0n) is 18.4. The van der Waals surface area contributed by atoms with E-state index in [1.807, 2.05) is 28.8 Å². The Hall–Kier alpha value is -2.44. The van der Waals surface area contributed by atoms with Gasteiger partial charge in [-0.2, -0.15) is 0 Å². The van der Waals surface area contributed by atoms with E-state index in [1.165, 1.54) is 18.4 Å². The number of methoxy groups -OCH3 is 2.